The van der Waals surface area contributed by atoms with Crippen LogP contribution in [0.1, 0.15) is 47.2 Å². The normalized spacial score (nSPS) is 16.5. The van der Waals surface area contributed by atoms with E-state index in [1.807, 2.05) is 26.0 Å². The van der Waals surface area contributed by atoms with Crippen molar-refractivity contribution in [3.8, 4) is 5.75 Å². The fraction of sp³-hybridized carbons (Fsp3) is 0.500. The molecule has 3 nitrogen and oxygen atoms in total. The molecule has 3 heteroatoms. The molecule has 1 fully saturated rings. The van der Waals surface area contributed by atoms with Crippen LogP contribution in [0.2, 0.25) is 0 Å². The van der Waals surface area contributed by atoms with Crippen LogP contribution in [0.15, 0.2) is 12.1 Å². The summed E-state index contributed by atoms with van der Waals surface area (Å²) in [5.74, 6) is 1.02. The van der Waals surface area contributed by atoms with Crippen LogP contribution in [0.5, 0.6) is 5.75 Å². The summed E-state index contributed by atoms with van der Waals surface area (Å²) in [6.07, 6.45) is 2.41. The Morgan fingerprint density at radius 3 is 2.42 bits per heavy atom. The van der Waals surface area contributed by atoms with Gasteiger partial charge in [0.05, 0.1) is 12.7 Å². The first-order valence-corrected chi connectivity index (χ1v) is 6.74. The van der Waals surface area contributed by atoms with Gasteiger partial charge in [0.25, 0.3) is 0 Å². The summed E-state index contributed by atoms with van der Waals surface area (Å²) in [4.78, 5) is 23.9. The van der Waals surface area contributed by atoms with Crippen molar-refractivity contribution in [2.45, 2.75) is 39.5 Å². The van der Waals surface area contributed by atoms with Gasteiger partial charge in [-0.25, -0.2) is 0 Å². The number of carbonyl (C=O) groups is 2. The zero-order valence-corrected chi connectivity index (χ0v) is 11.8. The lowest BCUT2D eigenvalue weighted by atomic mass is 9.82. The van der Waals surface area contributed by atoms with Gasteiger partial charge in [-0.15, -0.1) is 0 Å². The second-order valence-corrected chi connectivity index (χ2v) is 5.34. The molecular weight excluding hydrogens is 240 g/mol. The molecule has 1 saturated carbocycles. The lowest BCUT2D eigenvalue weighted by molar-refractivity contribution is -0.120. The van der Waals surface area contributed by atoms with Crippen molar-refractivity contribution in [2.24, 2.45) is 5.92 Å². The van der Waals surface area contributed by atoms with Gasteiger partial charge in [-0.3, -0.25) is 9.59 Å². The van der Waals surface area contributed by atoms with Gasteiger partial charge in [0.15, 0.2) is 5.78 Å². The van der Waals surface area contributed by atoms with Crippen LogP contribution in [0.25, 0.3) is 0 Å². The first-order chi connectivity index (χ1) is 9.02. The number of carbonyl (C=O) groups excluding carboxylic acids is 2. The third-order valence-electron chi connectivity index (χ3n) is 3.82. The first-order valence-electron chi connectivity index (χ1n) is 6.74. The number of ether oxygens (including phenoxy) is 1. The van der Waals surface area contributed by atoms with Crippen LogP contribution in [0.4, 0.5) is 0 Å². The number of aryl methyl sites for hydroxylation is 2. The van der Waals surface area contributed by atoms with Gasteiger partial charge >= 0.3 is 0 Å². The molecule has 0 spiro atoms. The number of hydrogen-bond donors (Lipinski definition) is 0. The highest BCUT2D eigenvalue weighted by molar-refractivity contribution is 6.02. The lowest BCUT2D eigenvalue weighted by Gasteiger charge is -2.22. The van der Waals surface area contributed by atoms with Crippen LogP contribution < -0.4 is 4.74 Å². The van der Waals surface area contributed by atoms with Crippen LogP contribution >= 0.6 is 0 Å². The van der Waals surface area contributed by atoms with Crippen LogP contribution in [0, 0.1) is 19.8 Å². The Kier molecular flexibility index (Phi) is 4.03. The van der Waals surface area contributed by atoms with Crippen molar-refractivity contribution in [1.82, 2.24) is 0 Å². The van der Waals surface area contributed by atoms with Crippen molar-refractivity contribution in [2.75, 3.05) is 7.11 Å². The van der Waals surface area contributed by atoms with E-state index in [0.717, 1.165) is 11.1 Å². The quantitative estimate of drug-likeness (QED) is 0.783. The minimum Gasteiger partial charge on any atom is -0.496 e. The highest BCUT2D eigenvalue weighted by atomic mass is 16.5. The van der Waals surface area contributed by atoms with Gasteiger partial charge in [-0.1, -0.05) is 6.07 Å². The van der Waals surface area contributed by atoms with E-state index >= 15 is 0 Å². The van der Waals surface area contributed by atoms with E-state index in [4.69, 9.17) is 4.74 Å². The molecule has 1 aromatic carbocycles. The van der Waals surface area contributed by atoms with Gasteiger partial charge in [-0.05, 0) is 43.9 Å². The zero-order valence-electron chi connectivity index (χ0n) is 11.8. The summed E-state index contributed by atoms with van der Waals surface area (Å²) in [6, 6.07) is 3.90. The van der Waals surface area contributed by atoms with Crippen LogP contribution in [-0.4, -0.2) is 18.7 Å². The number of hydrogen-bond acceptors (Lipinski definition) is 3. The Bertz CT molecular complexity index is 507. The second-order valence-electron chi connectivity index (χ2n) is 5.34. The molecule has 0 atom stereocenters. The second kappa shape index (κ2) is 5.55. The highest BCUT2D eigenvalue weighted by Gasteiger charge is 2.28. The van der Waals surface area contributed by atoms with E-state index in [9.17, 15) is 9.59 Å². The van der Waals surface area contributed by atoms with Crippen molar-refractivity contribution >= 4 is 11.6 Å². The smallest absolute Gasteiger partial charge is 0.169 e. The third-order valence-corrected chi connectivity index (χ3v) is 3.82. The fourth-order valence-corrected chi connectivity index (χ4v) is 2.81. The van der Waals surface area contributed by atoms with E-state index in [2.05, 4.69) is 0 Å². The molecule has 0 aromatic heterocycles. The Hall–Kier alpha value is -1.64. The number of Topliss-reactive ketones (excluding diaryl/α,β-unsaturated/α-hetero) is 2. The minimum atomic E-state index is -0.0343. The monoisotopic (exact) mass is 260 g/mol. The number of methoxy groups -OCH3 is 1. The van der Waals surface area contributed by atoms with Gasteiger partial charge in [0.1, 0.15) is 11.5 Å². The maximum Gasteiger partial charge on any atom is 0.169 e. The Morgan fingerprint density at radius 1 is 1.21 bits per heavy atom. The van der Waals surface area contributed by atoms with E-state index in [1.165, 1.54) is 0 Å². The van der Waals surface area contributed by atoms with E-state index in [0.29, 0.717) is 37.0 Å². The number of rotatable bonds is 3. The third kappa shape index (κ3) is 2.86. The maximum atomic E-state index is 12.6. The van der Waals surface area contributed by atoms with E-state index in [-0.39, 0.29) is 17.5 Å². The van der Waals surface area contributed by atoms with Crippen LogP contribution in [-0.2, 0) is 4.79 Å². The molecule has 0 radical (unpaired) electrons. The standard InChI is InChI=1S/C16H20O3/c1-10-8-11(2)15(14(9-10)19-3)16(18)12-4-6-13(17)7-5-12/h8-9,12H,4-7H2,1-3H3. The van der Waals surface area contributed by atoms with Crippen LogP contribution in [0.3, 0.4) is 0 Å². The molecule has 0 heterocycles. The molecule has 0 amide bonds. The summed E-state index contributed by atoms with van der Waals surface area (Å²) < 4.78 is 5.35. The summed E-state index contributed by atoms with van der Waals surface area (Å²) in [5.41, 5.74) is 2.73. The molecule has 102 valence electrons. The van der Waals surface area contributed by atoms with Crippen molar-refractivity contribution in [3.63, 3.8) is 0 Å². The average Bonchev–Trinajstić information content (AvgIpc) is 2.38. The molecule has 0 unspecified atom stereocenters. The topological polar surface area (TPSA) is 43.4 Å². The zero-order chi connectivity index (χ0) is 14.0. The summed E-state index contributed by atoms with van der Waals surface area (Å²) in [5, 5.41) is 0. The molecule has 1 aliphatic rings. The molecule has 1 aliphatic carbocycles. The van der Waals surface area contributed by atoms with Gasteiger partial charge < -0.3 is 4.74 Å². The lowest BCUT2D eigenvalue weighted by Crippen LogP contribution is -2.23. The largest absolute Gasteiger partial charge is 0.496 e. The predicted molar refractivity (Wildman–Crippen MR) is 73.8 cm³/mol. The molecular formula is C16H20O3. The van der Waals surface area contributed by atoms with Crippen molar-refractivity contribution in [1.29, 1.82) is 0 Å². The van der Waals surface area contributed by atoms with Gasteiger partial charge in [-0.2, -0.15) is 0 Å². The Morgan fingerprint density at radius 2 is 1.84 bits per heavy atom. The predicted octanol–water partition coefficient (Wildman–Crippen LogP) is 3.25. The minimum absolute atomic E-state index is 0.0343. The molecule has 0 saturated heterocycles. The summed E-state index contributed by atoms with van der Waals surface area (Å²) in [7, 11) is 1.59. The maximum absolute atomic E-state index is 12.6. The number of ketones is 2. The first kappa shape index (κ1) is 13.8. The van der Waals surface area contributed by atoms with E-state index < -0.39 is 0 Å². The molecule has 0 N–H and O–H groups in total. The Balaban J connectivity index is 2.30. The summed E-state index contributed by atoms with van der Waals surface area (Å²) >= 11 is 0. The SMILES string of the molecule is COc1cc(C)cc(C)c1C(=O)C1CCC(=O)CC1. The summed E-state index contributed by atoms with van der Waals surface area (Å²) in [6.45, 7) is 3.93. The van der Waals surface area contributed by atoms with Crippen molar-refractivity contribution < 1.29 is 14.3 Å². The molecule has 0 aliphatic heterocycles. The van der Waals surface area contributed by atoms with Gasteiger partial charge in [0.2, 0.25) is 0 Å². The molecule has 1 aromatic rings. The molecule has 19 heavy (non-hydrogen) atoms. The van der Waals surface area contributed by atoms with E-state index in [1.54, 1.807) is 7.11 Å². The highest BCUT2D eigenvalue weighted by Crippen LogP contribution is 2.31. The number of benzene rings is 1. The van der Waals surface area contributed by atoms with Gasteiger partial charge in [0, 0.05) is 18.8 Å². The fourth-order valence-electron chi connectivity index (χ4n) is 2.81. The average molecular weight is 260 g/mol. The molecule has 2 rings (SSSR count). The Labute approximate surface area is 114 Å². The van der Waals surface area contributed by atoms with Crippen molar-refractivity contribution in [3.05, 3.63) is 28.8 Å². The molecule has 0 bridgehead atoms.